The minimum Gasteiger partial charge on any atom is -0.481 e. The number of benzene rings is 1. The van der Waals surface area contributed by atoms with Gasteiger partial charge in [0, 0.05) is 16.6 Å². The topological polar surface area (TPSA) is 112 Å². The second-order valence-electron chi connectivity index (χ2n) is 3.64. The van der Waals surface area contributed by atoms with Crippen molar-refractivity contribution in [2.75, 3.05) is 17.3 Å². The van der Waals surface area contributed by atoms with Crippen LogP contribution in [0.1, 0.15) is 5.56 Å². The largest absolute Gasteiger partial charge is 0.481 e. The molecule has 102 valence electrons. The number of rotatable bonds is 6. The molecule has 0 saturated heterocycles. The van der Waals surface area contributed by atoms with Crippen LogP contribution in [0.3, 0.4) is 0 Å². The molecule has 0 saturated carbocycles. The minimum atomic E-state index is -3.61. The number of nitriles is 1. The van der Waals surface area contributed by atoms with Crippen LogP contribution >= 0.6 is 0 Å². The predicted octanol–water partition coefficient (Wildman–Crippen LogP) is 0.165. The number of nitrogens with zero attached hydrogens (tertiary/aromatic N) is 1. The molecule has 0 bridgehead atoms. The van der Waals surface area contributed by atoms with Gasteiger partial charge in [-0.25, -0.2) is 8.42 Å². The second-order valence-corrected chi connectivity index (χ2v) is 7.32. The van der Waals surface area contributed by atoms with Gasteiger partial charge in [0.1, 0.15) is 5.75 Å². The molecule has 19 heavy (non-hydrogen) atoms. The van der Waals surface area contributed by atoms with Crippen molar-refractivity contribution in [3.8, 4) is 6.07 Å². The standard InChI is InChI=1S/C11H11NO5S2/c12-7-9-1-3-10(4-2-9)19(16,17)6-5-18(15)8-11(13)14/h1-4H,5-6,8H2,(H,13,14). The number of aliphatic carboxylic acids is 1. The molecule has 0 aliphatic rings. The number of carbonyl (C=O) groups is 1. The zero-order valence-electron chi connectivity index (χ0n) is 9.77. The van der Waals surface area contributed by atoms with E-state index in [9.17, 15) is 17.4 Å². The van der Waals surface area contributed by atoms with Gasteiger partial charge in [-0.1, -0.05) is 0 Å². The Morgan fingerprint density at radius 1 is 1.32 bits per heavy atom. The Bertz CT molecular complexity index is 628. The number of carboxylic acids is 1. The van der Waals surface area contributed by atoms with Crippen LogP contribution in [0.2, 0.25) is 0 Å². The van der Waals surface area contributed by atoms with Crippen molar-refractivity contribution in [1.29, 1.82) is 5.26 Å². The molecule has 0 radical (unpaired) electrons. The van der Waals surface area contributed by atoms with Gasteiger partial charge in [0.15, 0.2) is 9.84 Å². The predicted molar refractivity (Wildman–Crippen MR) is 68.7 cm³/mol. The van der Waals surface area contributed by atoms with Crippen molar-refractivity contribution in [3.05, 3.63) is 29.8 Å². The summed E-state index contributed by atoms with van der Waals surface area (Å²) < 4.78 is 35.0. The van der Waals surface area contributed by atoms with Crippen LogP contribution in [0.15, 0.2) is 29.2 Å². The Morgan fingerprint density at radius 2 is 1.89 bits per heavy atom. The maximum atomic E-state index is 11.9. The third kappa shape index (κ3) is 4.81. The molecule has 1 aromatic rings. The molecule has 1 N–H and O–H groups in total. The van der Waals surface area contributed by atoms with Crippen LogP contribution in [0.25, 0.3) is 0 Å². The van der Waals surface area contributed by atoms with Gasteiger partial charge in [-0.3, -0.25) is 9.00 Å². The molecule has 0 aliphatic heterocycles. The molecule has 0 aliphatic carbocycles. The van der Waals surface area contributed by atoms with E-state index in [2.05, 4.69) is 0 Å². The lowest BCUT2D eigenvalue weighted by atomic mass is 10.2. The summed E-state index contributed by atoms with van der Waals surface area (Å²) in [6.45, 7) is 0. The van der Waals surface area contributed by atoms with E-state index in [0.29, 0.717) is 5.56 Å². The molecule has 1 unspecified atom stereocenters. The molecule has 0 fully saturated rings. The van der Waals surface area contributed by atoms with Crippen LogP contribution in [-0.2, 0) is 25.4 Å². The van der Waals surface area contributed by atoms with Crippen LogP contribution in [0.4, 0.5) is 0 Å². The Balaban J connectivity index is 2.73. The van der Waals surface area contributed by atoms with Gasteiger partial charge >= 0.3 is 5.97 Å². The summed E-state index contributed by atoms with van der Waals surface area (Å²) in [4.78, 5) is 10.3. The minimum absolute atomic E-state index is 0.0267. The van der Waals surface area contributed by atoms with Crippen molar-refractivity contribution in [3.63, 3.8) is 0 Å². The Kier molecular flexibility index (Phi) is 5.20. The fourth-order valence-corrected chi connectivity index (χ4v) is 4.09. The molecule has 1 atom stereocenters. The normalized spacial score (nSPS) is 12.6. The highest BCUT2D eigenvalue weighted by Crippen LogP contribution is 2.12. The van der Waals surface area contributed by atoms with Gasteiger partial charge in [-0.15, -0.1) is 0 Å². The Labute approximate surface area is 113 Å². The summed E-state index contributed by atoms with van der Waals surface area (Å²) in [7, 11) is -5.32. The highest BCUT2D eigenvalue weighted by Gasteiger charge is 2.17. The fourth-order valence-electron chi connectivity index (χ4n) is 1.27. The quantitative estimate of drug-likeness (QED) is 0.801. The molecular formula is C11H11NO5S2. The van der Waals surface area contributed by atoms with Gasteiger partial charge in [0.25, 0.3) is 0 Å². The average Bonchev–Trinajstić information content (AvgIpc) is 2.36. The van der Waals surface area contributed by atoms with Crippen molar-refractivity contribution < 1.29 is 22.5 Å². The maximum Gasteiger partial charge on any atom is 0.316 e. The second kappa shape index (κ2) is 6.45. The molecule has 6 nitrogen and oxygen atoms in total. The van der Waals surface area contributed by atoms with Crippen LogP contribution in [0, 0.1) is 11.3 Å². The van der Waals surface area contributed by atoms with Crippen molar-refractivity contribution in [2.24, 2.45) is 0 Å². The van der Waals surface area contributed by atoms with E-state index in [1.165, 1.54) is 24.3 Å². The first-order valence-corrected chi connectivity index (χ1v) is 8.29. The molecule has 8 heteroatoms. The van der Waals surface area contributed by atoms with Gasteiger partial charge in [0.05, 0.1) is 22.3 Å². The van der Waals surface area contributed by atoms with Gasteiger partial charge in [-0.2, -0.15) is 5.26 Å². The molecule has 1 aromatic carbocycles. The highest BCUT2D eigenvalue weighted by atomic mass is 32.2. The van der Waals surface area contributed by atoms with E-state index in [1.54, 1.807) is 0 Å². The zero-order chi connectivity index (χ0) is 14.5. The van der Waals surface area contributed by atoms with Gasteiger partial charge < -0.3 is 5.11 Å². The third-order valence-electron chi connectivity index (χ3n) is 2.21. The van der Waals surface area contributed by atoms with E-state index in [4.69, 9.17) is 10.4 Å². The SMILES string of the molecule is N#Cc1ccc(S(=O)(=O)CCS(=O)CC(=O)O)cc1. The van der Waals surface area contributed by atoms with E-state index >= 15 is 0 Å². The first-order chi connectivity index (χ1) is 8.85. The summed E-state index contributed by atoms with van der Waals surface area (Å²) in [5.74, 6) is -2.41. The summed E-state index contributed by atoms with van der Waals surface area (Å²) in [5, 5.41) is 17.0. The lowest BCUT2D eigenvalue weighted by molar-refractivity contribution is -0.133. The van der Waals surface area contributed by atoms with Crippen LogP contribution in [0.5, 0.6) is 0 Å². The monoisotopic (exact) mass is 301 g/mol. The summed E-state index contributed by atoms with van der Waals surface area (Å²) in [5.41, 5.74) is 0.341. The number of hydrogen-bond donors (Lipinski definition) is 1. The van der Waals surface area contributed by atoms with Gasteiger partial charge in [-0.05, 0) is 24.3 Å². The first kappa shape index (κ1) is 15.3. The molecule has 0 amide bonds. The van der Waals surface area contributed by atoms with Crippen molar-refractivity contribution >= 4 is 26.6 Å². The van der Waals surface area contributed by atoms with Crippen molar-refractivity contribution in [1.82, 2.24) is 0 Å². The molecule has 0 heterocycles. The molecule has 1 rings (SSSR count). The van der Waals surface area contributed by atoms with Crippen LogP contribution < -0.4 is 0 Å². The molecule has 0 aromatic heterocycles. The number of hydrogen-bond acceptors (Lipinski definition) is 5. The summed E-state index contributed by atoms with van der Waals surface area (Å²) >= 11 is 0. The van der Waals surface area contributed by atoms with Crippen LogP contribution in [-0.4, -0.2) is 41.0 Å². The lowest BCUT2D eigenvalue weighted by Crippen LogP contribution is -2.18. The van der Waals surface area contributed by atoms with E-state index in [-0.39, 0.29) is 10.6 Å². The lowest BCUT2D eigenvalue weighted by Gasteiger charge is -2.04. The van der Waals surface area contributed by atoms with Gasteiger partial charge in [0.2, 0.25) is 0 Å². The Hall–Kier alpha value is -1.72. The summed E-state index contributed by atoms with van der Waals surface area (Å²) in [6.07, 6.45) is 0. The smallest absolute Gasteiger partial charge is 0.316 e. The third-order valence-corrected chi connectivity index (χ3v) is 5.43. The average molecular weight is 301 g/mol. The first-order valence-electron chi connectivity index (χ1n) is 5.15. The molecule has 0 spiro atoms. The molecular weight excluding hydrogens is 290 g/mol. The van der Waals surface area contributed by atoms with E-state index < -0.39 is 38.1 Å². The Morgan fingerprint density at radius 3 is 2.37 bits per heavy atom. The summed E-state index contributed by atoms with van der Waals surface area (Å²) in [6, 6.07) is 7.22. The number of carboxylic acid groups (broad SMARTS) is 1. The van der Waals surface area contributed by atoms with Crippen molar-refractivity contribution in [2.45, 2.75) is 4.90 Å². The van der Waals surface area contributed by atoms with E-state index in [1.807, 2.05) is 6.07 Å². The maximum absolute atomic E-state index is 11.9. The number of sulfone groups is 1. The zero-order valence-corrected chi connectivity index (χ0v) is 11.4. The van der Waals surface area contributed by atoms with E-state index in [0.717, 1.165) is 0 Å². The fraction of sp³-hybridized carbons (Fsp3) is 0.273. The highest BCUT2D eigenvalue weighted by molar-refractivity contribution is 7.93.